The standard InChI is InChI=1S/C14H22N2O2/c1-11-5-3-6-13(9-11)18-12(2)10-16-14(17)7-4-8-15/h3,5-6,9,12H,4,7-8,10,15H2,1-2H3,(H,16,17). The van der Waals surface area contributed by atoms with E-state index < -0.39 is 0 Å². The number of nitrogens with two attached hydrogens (primary N) is 1. The highest BCUT2D eigenvalue weighted by Crippen LogP contribution is 2.13. The lowest BCUT2D eigenvalue weighted by atomic mass is 10.2. The first-order valence-electron chi connectivity index (χ1n) is 6.32. The van der Waals surface area contributed by atoms with E-state index in [9.17, 15) is 4.79 Å². The highest BCUT2D eigenvalue weighted by atomic mass is 16.5. The van der Waals surface area contributed by atoms with Gasteiger partial charge in [0.05, 0.1) is 6.54 Å². The summed E-state index contributed by atoms with van der Waals surface area (Å²) in [6, 6.07) is 7.87. The van der Waals surface area contributed by atoms with Gasteiger partial charge in [0.15, 0.2) is 0 Å². The Bertz CT molecular complexity index is 380. The van der Waals surface area contributed by atoms with Crippen molar-refractivity contribution in [3.05, 3.63) is 29.8 Å². The predicted molar refractivity (Wildman–Crippen MR) is 72.6 cm³/mol. The number of benzene rings is 1. The maximum atomic E-state index is 11.4. The van der Waals surface area contributed by atoms with Crippen LogP contribution >= 0.6 is 0 Å². The van der Waals surface area contributed by atoms with Gasteiger partial charge in [0.2, 0.25) is 5.91 Å². The fraction of sp³-hybridized carbons (Fsp3) is 0.500. The number of hydrogen-bond donors (Lipinski definition) is 2. The van der Waals surface area contributed by atoms with Crippen LogP contribution in [0.2, 0.25) is 0 Å². The first-order chi connectivity index (χ1) is 8.61. The summed E-state index contributed by atoms with van der Waals surface area (Å²) < 4.78 is 5.71. The summed E-state index contributed by atoms with van der Waals surface area (Å²) in [6.07, 6.45) is 1.15. The van der Waals surface area contributed by atoms with E-state index in [1.807, 2.05) is 38.1 Å². The molecule has 100 valence electrons. The average Bonchev–Trinajstić information content (AvgIpc) is 2.34. The maximum Gasteiger partial charge on any atom is 0.220 e. The van der Waals surface area contributed by atoms with Gasteiger partial charge in [0.1, 0.15) is 11.9 Å². The quantitative estimate of drug-likeness (QED) is 0.773. The fourth-order valence-corrected chi connectivity index (χ4v) is 1.57. The second-order valence-electron chi connectivity index (χ2n) is 4.44. The normalized spacial score (nSPS) is 11.9. The molecule has 0 spiro atoms. The molecule has 1 rings (SSSR count). The van der Waals surface area contributed by atoms with E-state index in [1.54, 1.807) is 0 Å². The molecular weight excluding hydrogens is 228 g/mol. The Balaban J connectivity index is 2.29. The molecule has 1 aromatic carbocycles. The third-order valence-corrected chi connectivity index (χ3v) is 2.52. The second kappa shape index (κ2) is 7.71. The fourth-order valence-electron chi connectivity index (χ4n) is 1.57. The van der Waals surface area contributed by atoms with Gasteiger partial charge in [-0.2, -0.15) is 0 Å². The van der Waals surface area contributed by atoms with Crippen molar-refractivity contribution in [2.45, 2.75) is 32.8 Å². The number of aryl methyl sites for hydroxylation is 1. The summed E-state index contributed by atoms with van der Waals surface area (Å²) >= 11 is 0. The van der Waals surface area contributed by atoms with E-state index in [-0.39, 0.29) is 12.0 Å². The summed E-state index contributed by atoms with van der Waals surface area (Å²) in [5.41, 5.74) is 6.50. The van der Waals surface area contributed by atoms with Crippen LogP contribution in [-0.2, 0) is 4.79 Å². The highest BCUT2D eigenvalue weighted by molar-refractivity contribution is 5.75. The number of rotatable bonds is 7. The minimum atomic E-state index is -0.0476. The molecule has 0 fully saturated rings. The van der Waals surface area contributed by atoms with Gasteiger partial charge in [-0.25, -0.2) is 0 Å². The molecule has 0 radical (unpaired) electrons. The van der Waals surface area contributed by atoms with Gasteiger partial charge in [-0.05, 0) is 44.5 Å². The summed E-state index contributed by atoms with van der Waals surface area (Å²) in [4.78, 5) is 11.4. The van der Waals surface area contributed by atoms with E-state index in [4.69, 9.17) is 10.5 Å². The average molecular weight is 250 g/mol. The zero-order valence-electron chi connectivity index (χ0n) is 11.1. The number of carbonyl (C=O) groups excluding carboxylic acids is 1. The topological polar surface area (TPSA) is 64.3 Å². The van der Waals surface area contributed by atoms with Gasteiger partial charge < -0.3 is 15.8 Å². The van der Waals surface area contributed by atoms with Crippen LogP contribution < -0.4 is 15.8 Å². The molecule has 0 aliphatic heterocycles. The SMILES string of the molecule is Cc1cccc(OC(C)CNC(=O)CCCN)c1. The highest BCUT2D eigenvalue weighted by Gasteiger charge is 2.06. The third kappa shape index (κ3) is 5.68. The van der Waals surface area contributed by atoms with Gasteiger partial charge in [0, 0.05) is 6.42 Å². The van der Waals surface area contributed by atoms with Gasteiger partial charge >= 0.3 is 0 Å². The van der Waals surface area contributed by atoms with Gasteiger partial charge in [-0.15, -0.1) is 0 Å². The molecule has 1 amide bonds. The lowest BCUT2D eigenvalue weighted by molar-refractivity contribution is -0.121. The van der Waals surface area contributed by atoms with Crippen molar-refractivity contribution in [1.82, 2.24) is 5.32 Å². The van der Waals surface area contributed by atoms with E-state index in [1.165, 1.54) is 0 Å². The Kier molecular flexibility index (Phi) is 6.22. The lowest BCUT2D eigenvalue weighted by Gasteiger charge is -2.15. The number of carbonyl (C=O) groups is 1. The summed E-state index contributed by atoms with van der Waals surface area (Å²) in [5, 5.41) is 2.83. The van der Waals surface area contributed by atoms with Crippen molar-refractivity contribution in [3.8, 4) is 5.75 Å². The molecule has 18 heavy (non-hydrogen) atoms. The molecule has 3 N–H and O–H groups in total. The minimum Gasteiger partial charge on any atom is -0.489 e. The van der Waals surface area contributed by atoms with Crippen LogP contribution in [0.4, 0.5) is 0 Å². The van der Waals surface area contributed by atoms with Crippen molar-refractivity contribution in [3.63, 3.8) is 0 Å². The summed E-state index contributed by atoms with van der Waals surface area (Å²) in [5.74, 6) is 0.860. The smallest absolute Gasteiger partial charge is 0.220 e. The first-order valence-corrected chi connectivity index (χ1v) is 6.32. The third-order valence-electron chi connectivity index (χ3n) is 2.52. The molecule has 0 aliphatic rings. The molecule has 1 unspecified atom stereocenters. The van der Waals surface area contributed by atoms with E-state index in [0.29, 0.717) is 19.5 Å². The maximum absolute atomic E-state index is 11.4. The molecule has 0 aliphatic carbocycles. The number of amides is 1. The second-order valence-corrected chi connectivity index (χ2v) is 4.44. The zero-order chi connectivity index (χ0) is 13.4. The molecule has 4 heteroatoms. The van der Waals surface area contributed by atoms with Crippen LogP contribution in [0.1, 0.15) is 25.3 Å². The number of hydrogen-bond acceptors (Lipinski definition) is 3. The number of ether oxygens (including phenoxy) is 1. The van der Waals surface area contributed by atoms with E-state index >= 15 is 0 Å². The van der Waals surface area contributed by atoms with Crippen LogP contribution in [0.15, 0.2) is 24.3 Å². The van der Waals surface area contributed by atoms with Crippen molar-refractivity contribution < 1.29 is 9.53 Å². The van der Waals surface area contributed by atoms with Crippen molar-refractivity contribution in [2.75, 3.05) is 13.1 Å². The van der Waals surface area contributed by atoms with Crippen LogP contribution in [0.3, 0.4) is 0 Å². The zero-order valence-corrected chi connectivity index (χ0v) is 11.1. The Hall–Kier alpha value is -1.55. The molecule has 0 bridgehead atoms. The largest absolute Gasteiger partial charge is 0.489 e. The Morgan fingerprint density at radius 3 is 2.94 bits per heavy atom. The summed E-state index contributed by atoms with van der Waals surface area (Å²) in [6.45, 7) is 5.01. The minimum absolute atomic E-state index is 0.0279. The molecule has 1 aromatic rings. The lowest BCUT2D eigenvalue weighted by Crippen LogP contribution is -2.33. The van der Waals surface area contributed by atoms with E-state index in [0.717, 1.165) is 17.7 Å². The molecule has 0 aromatic heterocycles. The molecule has 0 saturated carbocycles. The van der Waals surface area contributed by atoms with Crippen LogP contribution in [0.5, 0.6) is 5.75 Å². The first kappa shape index (κ1) is 14.5. The van der Waals surface area contributed by atoms with Gasteiger partial charge in [-0.1, -0.05) is 12.1 Å². The van der Waals surface area contributed by atoms with Crippen molar-refractivity contribution in [2.24, 2.45) is 5.73 Å². The predicted octanol–water partition coefficient (Wildman–Crippen LogP) is 1.62. The molecule has 0 heterocycles. The number of nitrogens with one attached hydrogen (secondary N) is 1. The van der Waals surface area contributed by atoms with Gasteiger partial charge in [0.25, 0.3) is 0 Å². The van der Waals surface area contributed by atoms with Crippen LogP contribution in [0, 0.1) is 6.92 Å². The Labute approximate surface area is 109 Å². The Morgan fingerprint density at radius 2 is 2.28 bits per heavy atom. The van der Waals surface area contributed by atoms with Crippen LogP contribution in [-0.4, -0.2) is 25.1 Å². The van der Waals surface area contributed by atoms with Crippen molar-refractivity contribution in [1.29, 1.82) is 0 Å². The molecule has 0 saturated heterocycles. The van der Waals surface area contributed by atoms with Crippen molar-refractivity contribution >= 4 is 5.91 Å². The van der Waals surface area contributed by atoms with Crippen LogP contribution in [0.25, 0.3) is 0 Å². The summed E-state index contributed by atoms with van der Waals surface area (Å²) in [7, 11) is 0. The molecular formula is C14H22N2O2. The molecule has 4 nitrogen and oxygen atoms in total. The monoisotopic (exact) mass is 250 g/mol. The van der Waals surface area contributed by atoms with E-state index in [2.05, 4.69) is 5.32 Å². The Morgan fingerprint density at radius 1 is 1.50 bits per heavy atom. The van der Waals surface area contributed by atoms with Gasteiger partial charge in [-0.3, -0.25) is 4.79 Å². The molecule has 1 atom stereocenters.